The number of hydrogen-bond acceptors (Lipinski definition) is 2. The lowest BCUT2D eigenvalue weighted by molar-refractivity contribution is -0.116. The van der Waals surface area contributed by atoms with Crippen LogP contribution >= 0.6 is 0 Å². The van der Waals surface area contributed by atoms with Crippen LogP contribution in [0.5, 0.6) is 0 Å². The van der Waals surface area contributed by atoms with Crippen LogP contribution in [-0.4, -0.2) is 17.0 Å². The second-order valence-electron chi connectivity index (χ2n) is 6.56. The van der Waals surface area contributed by atoms with E-state index >= 15 is 0 Å². The highest BCUT2D eigenvalue weighted by molar-refractivity contribution is 5.75. The van der Waals surface area contributed by atoms with Gasteiger partial charge in [0.1, 0.15) is 5.78 Å². The van der Waals surface area contributed by atoms with E-state index in [0.29, 0.717) is 6.42 Å². The van der Waals surface area contributed by atoms with Crippen molar-refractivity contribution in [1.29, 1.82) is 0 Å². The fourth-order valence-electron chi connectivity index (χ4n) is 2.70. The maximum Gasteiger partial charge on any atom is 0.130 e. The fraction of sp³-hybridized carbons (Fsp3) is 0.611. The Bertz CT molecular complexity index is 450. The first-order valence-corrected chi connectivity index (χ1v) is 7.47. The molecule has 1 rings (SSSR count). The van der Waals surface area contributed by atoms with Gasteiger partial charge in [0.25, 0.3) is 0 Å². The minimum Gasteiger partial charge on any atom is -0.389 e. The summed E-state index contributed by atoms with van der Waals surface area (Å²) >= 11 is 0. The van der Waals surface area contributed by atoms with Crippen molar-refractivity contribution in [3.05, 3.63) is 34.9 Å². The van der Waals surface area contributed by atoms with Crippen LogP contribution in [-0.2, 0) is 4.79 Å². The third-order valence-corrected chi connectivity index (χ3v) is 4.17. The molecule has 1 aliphatic carbocycles. The molecule has 0 spiro atoms. The summed E-state index contributed by atoms with van der Waals surface area (Å²) in [5.74, 6) is 0.230. The zero-order valence-corrected chi connectivity index (χ0v) is 13.5. The zero-order valence-electron chi connectivity index (χ0n) is 13.5. The lowest BCUT2D eigenvalue weighted by Gasteiger charge is -2.35. The Labute approximate surface area is 123 Å². The molecule has 0 aromatic heterocycles. The van der Waals surface area contributed by atoms with Gasteiger partial charge in [0.2, 0.25) is 0 Å². The Balaban J connectivity index is 2.81. The van der Waals surface area contributed by atoms with E-state index in [9.17, 15) is 9.90 Å². The average Bonchev–Trinajstić information content (AvgIpc) is 2.33. The fourth-order valence-corrected chi connectivity index (χ4v) is 2.70. The molecule has 0 saturated carbocycles. The van der Waals surface area contributed by atoms with Gasteiger partial charge in [-0.1, -0.05) is 37.6 Å². The first-order valence-electron chi connectivity index (χ1n) is 7.47. The number of rotatable bonds is 5. The summed E-state index contributed by atoms with van der Waals surface area (Å²) in [4.78, 5) is 10.9. The van der Waals surface area contributed by atoms with Gasteiger partial charge in [-0.3, -0.25) is 0 Å². The number of aliphatic hydroxyl groups excluding tert-OH is 1. The van der Waals surface area contributed by atoms with Crippen LogP contribution in [0.15, 0.2) is 34.9 Å². The summed E-state index contributed by atoms with van der Waals surface area (Å²) in [5.41, 5.74) is 3.63. The Morgan fingerprint density at radius 3 is 2.65 bits per heavy atom. The normalized spacial score (nSPS) is 23.5. The Kier molecular flexibility index (Phi) is 5.94. The highest BCUT2D eigenvalue weighted by Crippen LogP contribution is 2.40. The molecular weight excluding hydrogens is 248 g/mol. The third-order valence-electron chi connectivity index (χ3n) is 4.17. The number of Topliss-reactive ketones (excluding diaryl/α,β-unsaturated/α-hetero) is 1. The average molecular weight is 276 g/mol. The molecule has 0 heterocycles. The zero-order chi connectivity index (χ0) is 15.3. The summed E-state index contributed by atoms with van der Waals surface area (Å²) in [6.07, 6.45) is 9.30. The van der Waals surface area contributed by atoms with Crippen LogP contribution in [0.4, 0.5) is 0 Å². The highest BCUT2D eigenvalue weighted by atomic mass is 16.3. The van der Waals surface area contributed by atoms with E-state index in [4.69, 9.17) is 0 Å². The maximum absolute atomic E-state index is 10.9. The van der Waals surface area contributed by atoms with E-state index in [0.717, 1.165) is 24.8 Å². The molecule has 1 atom stereocenters. The molecule has 0 fully saturated rings. The van der Waals surface area contributed by atoms with Gasteiger partial charge in [0, 0.05) is 6.42 Å². The van der Waals surface area contributed by atoms with Crippen LogP contribution < -0.4 is 0 Å². The molecule has 0 aromatic carbocycles. The van der Waals surface area contributed by atoms with Crippen molar-refractivity contribution in [2.24, 2.45) is 5.41 Å². The second-order valence-corrected chi connectivity index (χ2v) is 6.56. The third kappa shape index (κ3) is 4.75. The van der Waals surface area contributed by atoms with Crippen LogP contribution in [0.25, 0.3) is 0 Å². The SMILES string of the molecule is CC(=O)CC/C=C(C)/C=C/C1=C(C)C(O)CCC1(C)C. The first kappa shape index (κ1) is 16.9. The molecule has 1 N–H and O–H groups in total. The van der Waals surface area contributed by atoms with Crippen LogP contribution in [0.2, 0.25) is 0 Å². The summed E-state index contributed by atoms with van der Waals surface area (Å²) in [6.45, 7) is 10.2. The predicted molar refractivity (Wildman–Crippen MR) is 84.5 cm³/mol. The molecule has 0 saturated heterocycles. The van der Waals surface area contributed by atoms with Gasteiger partial charge in [0.15, 0.2) is 0 Å². The van der Waals surface area contributed by atoms with E-state index in [-0.39, 0.29) is 17.3 Å². The minimum absolute atomic E-state index is 0.124. The van der Waals surface area contributed by atoms with E-state index in [1.165, 1.54) is 11.1 Å². The van der Waals surface area contributed by atoms with Crippen LogP contribution in [0.3, 0.4) is 0 Å². The number of carbonyl (C=O) groups excluding carboxylic acids is 1. The van der Waals surface area contributed by atoms with Gasteiger partial charge in [-0.2, -0.15) is 0 Å². The van der Waals surface area contributed by atoms with Crippen molar-refractivity contribution < 1.29 is 9.90 Å². The van der Waals surface area contributed by atoms with E-state index in [2.05, 4.69) is 39.0 Å². The smallest absolute Gasteiger partial charge is 0.130 e. The van der Waals surface area contributed by atoms with Crippen molar-refractivity contribution in [3.8, 4) is 0 Å². The molecule has 0 amide bonds. The van der Waals surface area contributed by atoms with Crippen molar-refractivity contribution >= 4 is 5.78 Å². The number of aliphatic hydroxyl groups is 1. The number of ketones is 1. The number of allylic oxidation sites excluding steroid dienone is 5. The second kappa shape index (κ2) is 7.03. The summed E-state index contributed by atoms with van der Waals surface area (Å²) in [6, 6.07) is 0. The van der Waals surface area contributed by atoms with Crippen molar-refractivity contribution in [3.63, 3.8) is 0 Å². The number of carbonyl (C=O) groups is 1. The minimum atomic E-state index is -0.301. The van der Waals surface area contributed by atoms with Gasteiger partial charge < -0.3 is 9.90 Å². The molecule has 2 nitrogen and oxygen atoms in total. The van der Waals surface area contributed by atoms with E-state index < -0.39 is 0 Å². The molecule has 112 valence electrons. The highest BCUT2D eigenvalue weighted by Gasteiger charge is 2.30. The van der Waals surface area contributed by atoms with Crippen molar-refractivity contribution in [2.75, 3.05) is 0 Å². The monoisotopic (exact) mass is 276 g/mol. The molecule has 0 aromatic rings. The van der Waals surface area contributed by atoms with Crippen molar-refractivity contribution in [1.82, 2.24) is 0 Å². The standard InChI is InChI=1S/C18H28O2/c1-13(7-6-8-14(2)19)9-10-16-15(3)17(20)11-12-18(16,4)5/h7,9-10,17,20H,6,8,11-12H2,1-5H3/b10-9+,13-7+. The molecular formula is C18H28O2. The van der Waals surface area contributed by atoms with Crippen LogP contribution in [0, 0.1) is 5.41 Å². The summed E-state index contributed by atoms with van der Waals surface area (Å²) in [5, 5.41) is 10.0. The molecule has 20 heavy (non-hydrogen) atoms. The quantitative estimate of drug-likeness (QED) is 0.758. The van der Waals surface area contributed by atoms with Gasteiger partial charge in [0.05, 0.1) is 6.10 Å². The molecule has 2 heteroatoms. The summed E-state index contributed by atoms with van der Waals surface area (Å²) in [7, 11) is 0. The molecule has 0 aliphatic heterocycles. The largest absolute Gasteiger partial charge is 0.389 e. The number of hydrogen-bond donors (Lipinski definition) is 1. The lowest BCUT2D eigenvalue weighted by Crippen LogP contribution is -2.27. The maximum atomic E-state index is 10.9. The predicted octanol–water partition coefficient (Wildman–Crippen LogP) is 4.36. The van der Waals surface area contributed by atoms with Gasteiger partial charge >= 0.3 is 0 Å². The molecule has 1 unspecified atom stereocenters. The van der Waals surface area contributed by atoms with E-state index in [1.54, 1.807) is 6.92 Å². The van der Waals surface area contributed by atoms with Crippen molar-refractivity contribution in [2.45, 2.75) is 66.4 Å². The summed E-state index contributed by atoms with van der Waals surface area (Å²) < 4.78 is 0. The van der Waals surface area contributed by atoms with Gasteiger partial charge in [-0.05, 0) is 56.6 Å². The lowest BCUT2D eigenvalue weighted by atomic mass is 9.71. The van der Waals surface area contributed by atoms with Gasteiger partial charge in [-0.15, -0.1) is 0 Å². The van der Waals surface area contributed by atoms with E-state index in [1.807, 2.05) is 6.92 Å². The Hall–Kier alpha value is -1.15. The first-order chi connectivity index (χ1) is 9.24. The molecule has 0 bridgehead atoms. The molecule has 0 radical (unpaired) electrons. The van der Waals surface area contributed by atoms with Gasteiger partial charge in [-0.25, -0.2) is 0 Å². The molecule has 1 aliphatic rings. The van der Waals surface area contributed by atoms with Crippen LogP contribution in [0.1, 0.15) is 60.3 Å². The Morgan fingerprint density at radius 1 is 1.40 bits per heavy atom. The topological polar surface area (TPSA) is 37.3 Å². The Morgan fingerprint density at radius 2 is 2.05 bits per heavy atom.